The molecule has 2 aliphatic rings. The summed E-state index contributed by atoms with van der Waals surface area (Å²) in [5, 5.41) is 4.16. The largest absolute Gasteiger partial charge is 0.497 e. The quantitative estimate of drug-likeness (QED) is 0.608. The van der Waals surface area contributed by atoms with Gasteiger partial charge in [0, 0.05) is 23.5 Å². The van der Waals surface area contributed by atoms with Gasteiger partial charge >= 0.3 is 0 Å². The molecular weight excluding hydrogens is 386 g/mol. The summed E-state index contributed by atoms with van der Waals surface area (Å²) >= 11 is 0. The number of para-hydroxylation sites is 1. The average Bonchev–Trinajstić information content (AvgIpc) is 3.53. The van der Waals surface area contributed by atoms with Crippen LogP contribution in [-0.2, 0) is 0 Å². The number of amides is 1. The van der Waals surface area contributed by atoms with Crippen LogP contribution in [0.1, 0.15) is 59.3 Å². The second-order valence-corrected chi connectivity index (χ2v) is 8.63. The summed E-state index contributed by atoms with van der Waals surface area (Å²) in [6, 6.07) is 18.3. The fourth-order valence-electron chi connectivity index (χ4n) is 4.62. The fraction of sp³-hybridized carbons (Fsp3) is 0.385. The van der Waals surface area contributed by atoms with Gasteiger partial charge in [-0.25, -0.2) is 0 Å². The van der Waals surface area contributed by atoms with E-state index in [4.69, 9.17) is 9.72 Å². The Hall–Kier alpha value is -2.92. The van der Waals surface area contributed by atoms with E-state index in [1.165, 1.54) is 31.2 Å². The van der Waals surface area contributed by atoms with Crippen molar-refractivity contribution in [1.29, 1.82) is 0 Å². The predicted octanol–water partition coefficient (Wildman–Crippen LogP) is 4.69. The Morgan fingerprint density at radius 2 is 1.94 bits per heavy atom. The number of aromatic nitrogens is 1. The number of nitrogens with zero attached hydrogens (tertiary/aromatic N) is 2. The number of hydrogen-bond donors (Lipinski definition) is 1. The standard InChI is InChI=1S/C26H29N3O2/c1-31-20-8-6-7-19(15-20)25(29-13-4-5-14-29)17-27-26(30)22-16-24(18-11-12-18)28-23-10-3-2-9-21(22)23/h2-3,6-10,15-16,18,25H,4-5,11-14,17H2,1H3,(H,27,30). The van der Waals surface area contributed by atoms with Crippen LogP contribution in [0.2, 0.25) is 0 Å². The molecule has 5 rings (SSSR count). The lowest BCUT2D eigenvalue weighted by molar-refractivity contribution is 0.0939. The maximum atomic E-state index is 13.3. The number of rotatable bonds is 7. The fourth-order valence-corrected chi connectivity index (χ4v) is 4.62. The van der Waals surface area contributed by atoms with Gasteiger partial charge in [-0.2, -0.15) is 0 Å². The third-order valence-electron chi connectivity index (χ3n) is 6.49. The summed E-state index contributed by atoms with van der Waals surface area (Å²) in [6.07, 6.45) is 4.74. The van der Waals surface area contributed by atoms with Crippen LogP contribution >= 0.6 is 0 Å². The number of likely N-dealkylation sites (tertiary alicyclic amines) is 1. The van der Waals surface area contributed by atoms with Crippen molar-refractivity contribution in [2.75, 3.05) is 26.7 Å². The summed E-state index contributed by atoms with van der Waals surface area (Å²) in [7, 11) is 1.69. The van der Waals surface area contributed by atoms with Crippen molar-refractivity contribution < 1.29 is 9.53 Å². The molecule has 3 aromatic rings. The summed E-state index contributed by atoms with van der Waals surface area (Å²) in [6.45, 7) is 2.69. The van der Waals surface area contributed by atoms with E-state index in [9.17, 15) is 4.79 Å². The minimum Gasteiger partial charge on any atom is -0.497 e. The molecule has 0 radical (unpaired) electrons. The normalized spacial score (nSPS) is 17.6. The molecule has 1 saturated carbocycles. The topological polar surface area (TPSA) is 54.5 Å². The van der Waals surface area contributed by atoms with E-state index in [-0.39, 0.29) is 11.9 Å². The van der Waals surface area contributed by atoms with E-state index in [2.05, 4.69) is 22.3 Å². The molecule has 2 aromatic carbocycles. The van der Waals surface area contributed by atoms with Gasteiger partial charge in [-0.3, -0.25) is 14.7 Å². The molecular formula is C26H29N3O2. The van der Waals surface area contributed by atoms with Gasteiger partial charge in [0.15, 0.2) is 0 Å². The van der Waals surface area contributed by atoms with Gasteiger partial charge in [-0.15, -0.1) is 0 Å². The third kappa shape index (κ3) is 4.28. The van der Waals surface area contributed by atoms with Crippen LogP contribution in [0.4, 0.5) is 0 Å². The lowest BCUT2D eigenvalue weighted by Crippen LogP contribution is -2.37. The van der Waals surface area contributed by atoms with Gasteiger partial charge in [0.1, 0.15) is 5.75 Å². The third-order valence-corrected chi connectivity index (χ3v) is 6.49. The molecule has 0 bridgehead atoms. The molecule has 1 saturated heterocycles. The van der Waals surface area contributed by atoms with Gasteiger partial charge in [-0.05, 0) is 68.6 Å². The molecule has 5 heteroatoms. The van der Waals surface area contributed by atoms with Crippen molar-refractivity contribution in [3.8, 4) is 5.75 Å². The highest BCUT2D eigenvalue weighted by atomic mass is 16.5. The maximum absolute atomic E-state index is 13.3. The first kappa shape index (κ1) is 20.0. The molecule has 1 amide bonds. The molecule has 1 unspecified atom stereocenters. The molecule has 1 aliphatic heterocycles. The summed E-state index contributed by atoms with van der Waals surface area (Å²) < 4.78 is 5.44. The number of fused-ring (bicyclic) bond motifs is 1. The number of methoxy groups -OCH3 is 1. The number of pyridine rings is 1. The second kappa shape index (κ2) is 8.67. The Kier molecular flexibility index (Phi) is 5.60. The van der Waals surface area contributed by atoms with E-state index in [1.807, 2.05) is 42.5 Å². The highest BCUT2D eigenvalue weighted by molar-refractivity contribution is 6.06. The number of carbonyl (C=O) groups is 1. The van der Waals surface area contributed by atoms with Crippen LogP contribution in [0, 0.1) is 0 Å². The van der Waals surface area contributed by atoms with Crippen molar-refractivity contribution in [1.82, 2.24) is 15.2 Å². The van der Waals surface area contributed by atoms with Crippen molar-refractivity contribution in [3.63, 3.8) is 0 Å². The number of hydrogen-bond acceptors (Lipinski definition) is 4. The predicted molar refractivity (Wildman–Crippen MR) is 123 cm³/mol. The van der Waals surface area contributed by atoms with Crippen molar-refractivity contribution in [2.24, 2.45) is 0 Å². The average molecular weight is 416 g/mol. The van der Waals surface area contributed by atoms with Crippen LogP contribution in [0.15, 0.2) is 54.6 Å². The zero-order valence-corrected chi connectivity index (χ0v) is 18.0. The molecule has 5 nitrogen and oxygen atoms in total. The summed E-state index contributed by atoms with van der Waals surface area (Å²) in [4.78, 5) is 20.6. The first-order valence-electron chi connectivity index (χ1n) is 11.3. The van der Waals surface area contributed by atoms with E-state index >= 15 is 0 Å². The number of ether oxygens (including phenoxy) is 1. The van der Waals surface area contributed by atoms with Gasteiger partial charge in [0.2, 0.25) is 0 Å². The lowest BCUT2D eigenvalue weighted by Gasteiger charge is -2.28. The molecule has 160 valence electrons. The maximum Gasteiger partial charge on any atom is 0.252 e. The van der Waals surface area contributed by atoms with Crippen LogP contribution < -0.4 is 10.1 Å². The van der Waals surface area contributed by atoms with Gasteiger partial charge in [0.25, 0.3) is 5.91 Å². The molecule has 0 spiro atoms. The molecule has 1 atom stereocenters. The monoisotopic (exact) mass is 415 g/mol. The van der Waals surface area contributed by atoms with E-state index in [1.54, 1.807) is 7.11 Å². The van der Waals surface area contributed by atoms with Gasteiger partial charge in [0.05, 0.1) is 24.2 Å². The molecule has 2 heterocycles. The minimum absolute atomic E-state index is 0.0207. The molecule has 1 aliphatic carbocycles. The minimum atomic E-state index is -0.0207. The Balaban J connectivity index is 1.41. The van der Waals surface area contributed by atoms with Crippen LogP contribution in [-0.4, -0.2) is 42.5 Å². The van der Waals surface area contributed by atoms with E-state index in [0.29, 0.717) is 12.5 Å². The lowest BCUT2D eigenvalue weighted by atomic mass is 10.0. The van der Waals surface area contributed by atoms with Crippen molar-refractivity contribution in [2.45, 2.75) is 37.6 Å². The number of benzene rings is 2. The van der Waals surface area contributed by atoms with E-state index < -0.39 is 0 Å². The van der Waals surface area contributed by atoms with Crippen LogP contribution in [0.25, 0.3) is 10.9 Å². The van der Waals surface area contributed by atoms with Crippen LogP contribution in [0.3, 0.4) is 0 Å². The Labute approximate surface area is 183 Å². The highest BCUT2D eigenvalue weighted by Crippen LogP contribution is 2.40. The number of nitrogens with one attached hydrogen (secondary N) is 1. The second-order valence-electron chi connectivity index (χ2n) is 8.63. The molecule has 2 fully saturated rings. The highest BCUT2D eigenvalue weighted by Gasteiger charge is 2.28. The number of carbonyl (C=O) groups excluding carboxylic acids is 1. The Morgan fingerprint density at radius 3 is 2.71 bits per heavy atom. The summed E-state index contributed by atoms with van der Waals surface area (Å²) in [5.41, 5.74) is 3.87. The molecule has 31 heavy (non-hydrogen) atoms. The van der Waals surface area contributed by atoms with Gasteiger partial charge < -0.3 is 10.1 Å². The van der Waals surface area contributed by atoms with E-state index in [0.717, 1.165) is 41.0 Å². The molecule has 1 aromatic heterocycles. The zero-order chi connectivity index (χ0) is 21.2. The van der Waals surface area contributed by atoms with Crippen molar-refractivity contribution in [3.05, 3.63) is 71.4 Å². The Bertz CT molecular complexity index is 1090. The summed E-state index contributed by atoms with van der Waals surface area (Å²) in [5.74, 6) is 1.33. The zero-order valence-electron chi connectivity index (χ0n) is 18.0. The smallest absolute Gasteiger partial charge is 0.252 e. The first-order chi connectivity index (χ1) is 15.2. The van der Waals surface area contributed by atoms with Crippen LogP contribution in [0.5, 0.6) is 5.75 Å². The van der Waals surface area contributed by atoms with Gasteiger partial charge in [-0.1, -0.05) is 30.3 Å². The first-order valence-corrected chi connectivity index (χ1v) is 11.3. The molecule has 1 N–H and O–H groups in total. The Morgan fingerprint density at radius 1 is 1.13 bits per heavy atom. The SMILES string of the molecule is COc1cccc(C(CNC(=O)c2cc(C3CC3)nc3ccccc23)N2CCCC2)c1. The van der Waals surface area contributed by atoms with Crippen molar-refractivity contribution >= 4 is 16.8 Å².